The number of Topliss-reactive ketones (excluding diaryl/α,β-unsaturated/α-hetero) is 1. The fraction of sp³-hybridized carbons (Fsp3) is 0.364. The fourth-order valence-corrected chi connectivity index (χ4v) is 1.61. The number of carbonyl (C=O) groups excluding carboxylic acids is 1. The summed E-state index contributed by atoms with van der Waals surface area (Å²) in [4.78, 5) is 11.5. The molecule has 0 bridgehead atoms. The number of carbonyl (C=O) groups is 1. The molecule has 0 aliphatic rings. The predicted molar refractivity (Wildman–Crippen MR) is 60.2 cm³/mol. The molecule has 0 amide bonds. The summed E-state index contributed by atoms with van der Waals surface area (Å²) in [6, 6.07) is 6.33. The van der Waals surface area contributed by atoms with E-state index in [2.05, 4.69) is 20.7 Å². The highest BCUT2D eigenvalue weighted by atomic mass is 79.9. The normalized spacial score (nSPS) is 11.9. The average molecular weight is 329 g/mol. The molecule has 18 heavy (non-hydrogen) atoms. The van der Waals surface area contributed by atoms with Gasteiger partial charge in [-0.15, -0.1) is 0 Å². The van der Waals surface area contributed by atoms with Crippen molar-refractivity contribution in [3.8, 4) is 0 Å². The second kappa shape index (κ2) is 6.29. The molecule has 1 rings (SSSR count). The molecule has 0 saturated carbocycles. The maximum absolute atomic E-state index is 12.5. The minimum Gasteiger partial charge on any atom is -0.367 e. The van der Waals surface area contributed by atoms with Crippen LogP contribution in [-0.2, 0) is 4.74 Å². The molecule has 0 N–H and O–H groups in total. The molecule has 0 radical (unpaired) electrons. The van der Waals surface area contributed by atoms with Crippen molar-refractivity contribution >= 4 is 21.7 Å². The van der Waals surface area contributed by atoms with Crippen LogP contribution in [0.25, 0.3) is 0 Å². The Hall–Kier alpha value is -0.950. The van der Waals surface area contributed by atoms with Crippen molar-refractivity contribution in [2.45, 2.75) is 12.3 Å². The third kappa shape index (κ3) is 4.06. The molecular formula is C11H9BrF4O2. The van der Waals surface area contributed by atoms with Gasteiger partial charge in [0.15, 0.2) is 5.78 Å². The Bertz CT molecular complexity index is 423. The topological polar surface area (TPSA) is 26.3 Å². The Kier molecular flexibility index (Phi) is 5.28. The van der Waals surface area contributed by atoms with E-state index in [0.29, 0.717) is 4.47 Å². The van der Waals surface area contributed by atoms with Crippen molar-refractivity contribution in [2.75, 3.05) is 13.2 Å². The predicted octanol–water partition coefficient (Wildman–Crippen LogP) is 3.55. The van der Waals surface area contributed by atoms with E-state index in [1.165, 1.54) is 6.07 Å². The van der Waals surface area contributed by atoms with Crippen LogP contribution in [0.3, 0.4) is 0 Å². The van der Waals surface area contributed by atoms with Crippen LogP contribution in [0.15, 0.2) is 28.7 Å². The molecule has 0 spiro atoms. The molecule has 7 heteroatoms. The summed E-state index contributed by atoms with van der Waals surface area (Å²) in [7, 11) is 0. The van der Waals surface area contributed by atoms with Crippen molar-refractivity contribution in [2.24, 2.45) is 0 Å². The summed E-state index contributed by atoms with van der Waals surface area (Å²) in [5, 5.41) is 0. The number of halogens is 5. The molecule has 0 atom stereocenters. The summed E-state index contributed by atoms with van der Waals surface area (Å²) >= 11 is 3.11. The van der Waals surface area contributed by atoms with Gasteiger partial charge in [-0.05, 0) is 6.07 Å². The molecule has 2 nitrogen and oxygen atoms in total. The van der Waals surface area contributed by atoms with Gasteiger partial charge in [-0.25, -0.2) is 8.78 Å². The molecular weight excluding hydrogens is 320 g/mol. The Balaban J connectivity index is 2.51. The lowest BCUT2D eigenvalue weighted by Gasteiger charge is -2.14. The van der Waals surface area contributed by atoms with Gasteiger partial charge in [0.1, 0.15) is 13.2 Å². The van der Waals surface area contributed by atoms with Crippen LogP contribution in [0.2, 0.25) is 0 Å². The van der Waals surface area contributed by atoms with Crippen LogP contribution in [-0.4, -0.2) is 31.3 Å². The minimum atomic E-state index is -4.24. The van der Waals surface area contributed by atoms with E-state index in [4.69, 9.17) is 0 Å². The lowest BCUT2D eigenvalue weighted by Crippen LogP contribution is -2.33. The van der Waals surface area contributed by atoms with E-state index >= 15 is 0 Å². The van der Waals surface area contributed by atoms with Crippen molar-refractivity contribution in [1.29, 1.82) is 0 Å². The zero-order valence-electron chi connectivity index (χ0n) is 9.01. The van der Waals surface area contributed by atoms with Gasteiger partial charge in [0, 0.05) is 10.0 Å². The average Bonchev–Trinajstić information content (AvgIpc) is 2.29. The van der Waals surface area contributed by atoms with Crippen LogP contribution in [0.4, 0.5) is 17.6 Å². The fourth-order valence-electron chi connectivity index (χ4n) is 1.11. The first-order valence-corrected chi connectivity index (χ1v) is 5.65. The zero-order valence-corrected chi connectivity index (χ0v) is 10.6. The quantitative estimate of drug-likeness (QED) is 0.589. The third-order valence-electron chi connectivity index (χ3n) is 2.02. The highest BCUT2D eigenvalue weighted by molar-refractivity contribution is 9.10. The van der Waals surface area contributed by atoms with Gasteiger partial charge < -0.3 is 4.74 Å². The SMILES string of the molecule is O=C(COCC(F)(F)C(F)F)c1ccccc1Br. The van der Waals surface area contributed by atoms with E-state index in [1.54, 1.807) is 18.2 Å². The van der Waals surface area contributed by atoms with E-state index in [0.717, 1.165) is 0 Å². The maximum Gasteiger partial charge on any atom is 0.330 e. The molecule has 0 aliphatic carbocycles. The van der Waals surface area contributed by atoms with Crippen molar-refractivity contribution in [3.05, 3.63) is 34.3 Å². The standard InChI is InChI=1S/C11H9BrF4O2/c12-8-4-2-1-3-7(8)9(17)5-18-6-11(15,16)10(13)14/h1-4,10H,5-6H2. The van der Waals surface area contributed by atoms with Crippen LogP contribution in [0.1, 0.15) is 10.4 Å². The van der Waals surface area contributed by atoms with Crippen LogP contribution in [0.5, 0.6) is 0 Å². The first-order chi connectivity index (χ1) is 8.34. The number of hydrogen-bond donors (Lipinski definition) is 0. The summed E-state index contributed by atoms with van der Waals surface area (Å²) in [5.41, 5.74) is 0.248. The molecule has 0 aromatic heterocycles. The summed E-state index contributed by atoms with van der Waals surface area (Å²) in [6.07, 6.45) is -3.81. The van der Waals surface area contributed by atoms with Crippen molar-refractivity contribution < 1.29 is 27.1 Å². The van der Waals surface area contributed by atoms with Gasteiger partial charge in [-0.3, -0.25) is 4.79 Å². The van der Waals surface area contributed by atoms with E-state index in [9.17, 15) is 22.4 Å². The van der Waals surface area contributed by atoms with E-state index in [-0.39, 0.29) is 5.56 Å². The molecule has 0 saturated heterocycles. The van der Waals surface area contributed by atoms with Crippen molar-refractivity contribution in [3.63, 3.8) is 0 Å². The molecule has 1 aromatic carbocycles. The van der Waals surface area contributed by atoms with E-state index in [1.807, 2.05) is 0 Å². The number of alkyl halides is 4. The van der Waals surface area contributed by atoms with Gasteiger partial charge in [0.25, 0.3) is 0 Å². The molecule has 0 heterocycles. The Morgan fingerprint density at radius 2 is 1.94 bits per heavy atom. The van der Waals surface area contributed by atoms with Gasteiger partial charge in [-0.1, -0.05) is 34.1 Å². The van der Waals surface area contributed by atoms with Crippen LogP contribution >= 0.6 is 15.9 Å². The lowest BCUT2D eigenvalue weighted by atomic mass is 10.1. The maximum atomic E-state index is 12.5. The van der Waals surface area contributed by atoms with Crippen LogP contribution in [0, 0.1) is 0 Å². The smallest absolute Gasteiger partial charge is 0.330 e. The van der Waals surface area contributed by atoms with Crippen molar-refractivity contribution in [1.82, 2.24) is 0 Å². The van der Waals surface area contributed by atoms with Gasteiger partial charge in [0.05, 0.1) is 0 Å². The first-order valence-electron chi connectivity index (χ1n) is 4.86. The summed E-state index contributed by atoms with van der Waals surface area (Å²) in [6.45, 7) is -2.16. The summed E-state index contributed by atoms with van der Waals surface area (Å²) < 4.78 is 53.4. The molecule has 0 unspecified atom stereocenters. The number of benzene rings is 1. The largest absolute Gasteiger partial charge is 0.367 e. The molecule has 100 valence electrons. The number of ketones is 1. The number of rotatable bonds is 6. The third-order valence-corrected chi connectivity index (χ3v) is 2.71. The first kappa shape index (κ1) is 15.1. The minimum absolute atomic E-state index is 0.248. The Morgan fingerprint density at radius 1 is 1.33 bits per heavy atom. The highest BCUT2D eigenvalue weighted by Crippen LogP contribution is 2.23. The molecule has 0 fully saturated rings. The second-order valence-electron chi connectivity index (χ2n) is 3.46. The Labute approximate surface area is 109 Å². The zero-order chi connectivity index (χ0) is 13.8. The van der Waals surface area contributed by atoms with E-state index < -0.39 is 31.3 Å². The highest BCUT2D eigenvalue weighted by Gasteiger charge is 2.41. The summed E-state index contributed by atoms with van der Waals surface area (Å²) in [5.74, 6) is -4.80. The second-order valence-corrected chi connectivity index (χ2v) is 4.31. The van der Waals surface area contributed by atoms with Gasteiger partial charge in [0.2, 0.25) is 0 Å². The van der Waals surface area contributed by atoms with Crippen LogP contribution < -0.4 is 0 Å². The molecule has 0 aliphatic heterocycles. The lowest BCUT2D eigenvalue weighted by molar-refractivity contribution is -0.163. The Morgan fingerprint density at radius 3 is 2.50 bits per heavy atom. The number of hydrogen-bond acceptors (Lipinski definition) is 2. The molecule has 1 aromatic rings. The van der Waals surface area contributed by atoms with Gasteiger partial charge in [-0.2, -0.15) is 8.78 Å². The monoisotopic (exact) mass is 328 g/mol. The van der Waals surface area contributed by atoms with Gasteiger partial charge >= 0.3 is 12.3 Å². The number of ether oxygens (including phenoxy) is 1.